The Morgan fingerprint density at radius 2 is 1.62 bits per heavy atom. The number of aromatic nitrogens is 1. The van der Waals surface area contributed by atoms with Crippen molar-refractivity contribution < 1.29 is 47.8 Å². The molecule has 3 aliphatic rings. The number of thioether (sulfide) groups is 2. The van der Waals surface area contributed by atoms with Gasteiger partial charge in [0.25, 0.3) is 11.8 Å². The van der Waals surface area contributed by atoms with Crippen molar-refractivity contribution in [2.75, 3.05) is 24.8 Å². The molecule has 3 aliphatic heterocycles. The van der Waals surface area contributed by atoms with E-state index in [1.165, 1.54) is 40.4 Å². The van der Waals surface area contributed by atoms with Crippen LogP contribution in [-0.2, 0) is 38.2 Å². The number of β-lactam (4-membered cyclic amide) rings is 1. The maximum atomic E-state index is 14.6. The van der Waals surface area contributed by atoms with Gasteiger partial charge in [-0.1, -0.05) is 107 Å². The lowest BCUT2D eigenvalue weighted by molar-refractivity contribution is -0.154. The molecule has 0 aliphatic carbocycles. The first-order valence-electron chi connectivity index (χ1n) is 19.7. The van der Waals surface area contributed by atoms with Crippen LogP contribution in [-0.4, -0.2) is 104 Å². The van der Waals surface area contributed by atoms with Crippen molar-refractivity contribution in [1.82, 2.24) is 20.1 Å². The van der Waals surface area contributed by atoms with Crippen LogP contribution in [0, 0.1) is 0 Å². The summed E-state index contributed by atoms with van der Waals surface area (Å²) in [6, 6.07) is 16.9. The second-order valence-corrected chi connectivity index (χ2v) is 20.5. The monoisotopic (exact) mass is 940 g/mol. The number of fused-ring (bicyclic) bond motifs is 1. The predicted molar refractivity (Wildman–Crippen MR) is 242 cm³/mol. The van der Waals surface area contributed by atoms with Gasteiger partial charge < -0.3 is 29.1 Å². The Kier molecular flexibility index (Phi) is 14.6. The molecule has 2 fully saturated rings. The molecule has 20 heteroatoms. The van der Waals surface area contributed by atoms with Crippen molar-refractivity contribution in [3.8, 4) is 0 Å². The summed E-state index contributed by atoms with van der Waals surface area (Å²) in [6.45, 7) is 14.2. The Morgan fingerprint density at radius 3 is 2.21 bits per heavy atom. The molecule has 0 spiro atoms. The molecular formula is C43H49ClN6O10S3. The molecule has 1 unspecified atom stereocenters. The van der Waals surface area contributed by atoms with Crippen LogP contribution in [0.15, 0.2) is 87.9 Å². The van der Waals surface area contributed by atoms with E-state index in [4.69, 9.17) is 35.4 Å². The highest BCUT2D eigenvalue weighted by Gasteiger charge is 2.55. The highest BCUT2D eigenvalue weighted by atomic mass is 35.5. The first-order chi connectivity index (χ1) is 29.7. The number of rotatable bonds is 12. The van der Waals surface area contributed by atoms with Crippen LogP contribution in [0.1, 0.15) is 78.3 Å². The summed E-state index contributed by atoms with van der Waals surface area (Å²) < 4.78 is 23.3. The largest absolute Gasteiger partial charge is 0.448 e. The molecule has 16 nitrogen and oxygen atoms in total. The van der Waals surface area contributed by atoms with Gasteiger partial charge in [-0.15, -0.1) is 11.8 Å². The second-order valence-electron chi connectivity index (χ2n) is 16.8. The van der Waals surface area contributed by atoms with Crippen LogP contribution in [0.5, 0.6) is 0 Å². The van der Waals surface area contributed by atoms with E-state index in [0.717, 1.165) is 22.5 Å². The molecule has 0 bridgehead atoms. The number of hydrogen-bond donors (Lipinski definition) is 2. The maximum absolute atomic E-state index is 14.6. The van der Waals surface area contributed by atoms with Crippen molar-refractivity contribution in [3.63, 3.8) is 0 Å². The van der Waals surface area contributed by atoms with E-state index in [9.17, 15) is 24.0 Å². The topological polar surface area (TPSA) is 187 Å². The molecule has 1 aromatic heterocycles. The number of anilines is 1. The maximum Gasteiger partial charge on any atom is 0.413 e. The summed E-state index contributed by atoms with van der Waals surface area (Å²) in [4.78, 5) is 81.0. The summed E-state index contributed by atoms with van der Waals surface area (Å²) in [5.74, 6) is -1.93. The molecule has 2 aromatic carbocycles. The van der Waals surface area contributed by atoms with Crippen molar-refractivity contribution in [2.24, 2.45) is 5.16 Å². The standard InChI is InChI=1S/C43H49ClN6O10S3/c1-41(2,3)59-39(54)47-38-46-28(33(44)63-38)29(48-56-9)34(51)45-30-35(52)49-31(37(53)58-32(24-16-12-10-13-17-24)25-18-14-11-15-19-25)27(23-62-36(30)49)61-21-20-26-22-57-43(7,8)50(26)40(55)60-42(4,5)6/h10-21,26,30,32,36H,22-23H2,1-9H3,(H,45,51)(H,46,47,54)/b21-20-,48-29-/t26-,30?,36-/m1/s1. The summed E-state index contributed by atoms with van der Waals surface area (Å²) >= 11 is 9.88. The van der Waals surface area contributed by atoms with E-state index in [1.54, 1.807) is 66.9 Å². The lowest BCUT2D eigenvalue weighted by Gasteiger charge is -2.49. The second kappa shape index (κ2) is 19.3. The Bertz CT molecular complexity index is 2270. The third-order valence-corrected chi connectivity index (χ3v) is 12.8. The highest BCUT2D eigenvalue weighted by molar-refractivity contribution is 8.08. The normalized spacial score (nSPS) is 20.0. The quantitative estimate of drug-likeness (QED) is 0.0584. The van der Waals surface area contributed by atoms with Gasteiger partial charge in [-0.05, 0) is 71.9 Å². The predicted octanol–water partition coefficient (Wildman–Crippen LogP) is 8.06. The number of nitrogens with zero attached hydrogens (tertiary/aromatic N) is 4. The zero-order chi connectivity index (χ0) is 45.9. The van der Waals surface area contributed by atoms with Crippen LogP contribution >= 0.6 is 46.5 Å². The summed E-state index contributed by atoms with van der Waals surface area (Å²) in [6.07, 6.45) is -0.343. The average molecular weight is 942 g/mol. The number of amides is 4. The Labute approximate surface area is 383 Å². The molecule has 3 aromatic rings. The van der Waals surface area contributed by atoms with E-state index in [0.29, 0.717) is 4.91 Å². The molecule has 2 saturated heterocycles. The van der Waals surface area contributed by atoms with Gasteiger partial charge in [0.15, 0.2) is 16.9 Å². The van der Waals surface area contributed by atoms with E-state index < -0.39 is 70.5 Å². The number of hydrogen-bond acceptors (Lipinski definition) is 15. The Hall–Kier alpha value is -5.08. The van der Waals surface area contributed by atoms with Crippen molar-refractivity contribution in [2.45, 2.75) is 95.9 Å². The van der Waals surface area contributed by atoms with Gasteiger partial charge in [0.2, 0.25) is 0 Å². The summed E-state index contributed by atoms with van der Waals surface area (Å²) in [7, 11) is 1.23. The molecule has 2 N–H and O–H groups in total. The molecule has 0 saturated carbocycles. The summed E-state index contributed by atoms with van der Waals surface area (Å²) in [5, 5.41) is 10.1. The molecule has 4 amide bonds. The first kappa shape index (κ1) is 47.4. The first-order valence-corrected chi connectivity index (χ1v) is 22.9. The highest BCUT2D eigenvalue weighted by Crippen LogP contribution is 2.45. The minimum Gasteiger partial charge on any atom is -0.448 e. The van der Waals surface area contributed by atoms with Gasteiger partial charge in [0, 0.05) is 10.7 Å². The number of oxime groups is 1. The van der Waals surface area contributed by atoms with E-state index >= 15 is 0 Å². The summed E-state index contributed by atoms with van der Waals surface area (Å²) in [5.41, 5.74) is -1.47. The van der Waals surface area contributed by atoms with Gasteiger partial charge in [0.05, 0.1) is 12.6 Å². The van der Waals surface area contributed by atoms with Crippen molar-refractivity contribution in [3.05, 3.63) is 104 Å². The fourth-order valence-corrected chi connectivity index (χ4v) is 10.1. The number of thiazole rings is 1. The average Bonchev–Trinajstić information content (AvgIpc) is 3.72. The fourth-order valence-electron chi connectivity index (χ4n) is 6.66. The number of halogens is 1. The van der Waals surface area contributed by atoms with Gasteiger partial charge in [-0.3, -0.25) is 24.7 Å². The SMILES string of the molecule is CO/N=C(\C(=O)NC1C(=O)N2C(C(=O)OC(c3ccccc3)c3ccccc3)=C(S/C=C\[C@@H]3COC(C)(C)N3C(=O)OC(C)(C)C)CS[C@H]12)c1nc(NC(=O)OC(C)(C)C)sc1Cl. The Morgan fingerprint density at radius 1 is 1.00 bits per heavy atom. The van der Waals surface area contributed by atoms with Gasteiger partial charge in [-0.25, -0.2) is 19.4 Å². The zero-order valence-electron chi connectivity index (χ0n) is 36.1. The van der Waals surface area contributed by atoms with E-state index in [1.807, 2.05) is 60.7 Å². The lowest BCUT2D eigenvalue weighted by atomic mass is 10.0. The molecular weight excluding hydrogens is 892 g/mol. The number of benzene rings is 2. The van der Waals surface area contributed by atoms with E-state index in [2.05, 4.69) is 20.8 Å². The van der Waals surface area contributed by atoms with Crippen LogP contribution in [0.25, 0.3) is 0 Å². The molecule has 4 heterocycles. The van der Waals surface area contributed by atoms with E-state index in [-0.39, 0.29) is 38.9 Å². The third-order valence-electron chi connectivity index (χ3n) is 9.28. The van der Waals surface area contributed by atoms with Crippen LogP contribution in [0.3, 0.4) is 0 Å². The smallest absolute Gasteiger partial charge is 0.413 e. The molecule has 0 radical (unpaired) electrons. The van der Waals surface area contributed by atoms with Gasteiger partial charge in [0.1, 0.15) is 51.2 Å². The third kappa shape index (κ3) is 11.4. The molecule has 3 atom stereocenters. The molecule has 63 heavy (non-hydrogen) atoms. The fraction of sp³-hybridized carbons (Fsp3) is 0.419. The van der Waals surface area contributed by atoms with Crippen LogP contribution in [0.2, 0.25) is 4.34 Å². The zero-order valence-corrected chi connectivity index (χ0v) is 39.3. The number of nitrogens with one attached hydrogen (secondary N) is 2. The van der Waals surface area contributed by atoms with Gasteiger partial charge >= 0.3 is 18.2 Å². The number of carbonyl (C=O) groups excluding carboxylic acids is 5. The number of ether oxygens (including phenoxy) is 4. The van der Waals surface area contributed by atoms with Crippen molar-refractivity contribution >= 4 is 87.3 Å². The number of esters is 1. The minimum absolute atomic E-state index is 0.0108. The molecule has 6 rings (SSSR count). The lowest BCUT2D eigenvalue weighted by Crippen LogP contribution is -2.71. The van der Waals surface area contributed by atoms with Gasteiger partial charge in [-0.2, -0.15) is 0 Å². The molecule has 336 valence electrons. The minimum atomic E-state index is -1.11. The number of carbonyl (C=O) groups is 5. The Balaban J connectivity index is 1.27. The van der Waals surface area contributed by atoms with Crippen LogP contribution in [0.4, 0.5) is 14.7 Å². The van der Waals surface area contributed by atoms with Crippen molar-refractivity contribution in [1.29, 1.82) is 0 Å². The van der Waals surface area contributed by atoms with Crippen LogP contribution < -0.4 is 10.6 Å².